The third-order valence-corrected chi connectivity index (χ3v) is 7.80. The smallest absolute Gasteiger partial charge is 0.372 e. The normalized spacial score (nSPS) is 26.9. The molecular formula is C18H20F2I2O8S. The minimum Gasteiger partial charge on any atom is -0.424 e. The van der Waals surface area contributed by atoms with E-state index in [-0.39, 0.29) is 26.1 Å². The van der Waals surface area contributed by atoms with Crippen LogP contribution in [0.4, 0.5) is 8.78 Å². The van der Waals surface area contributed by atoms with Crippen molar-refractivity contribution in [2.24, 2.45) is 5.92 Å². The summed E-state index contributed by atoms with van der Waals surface area (Å²) in [5.74, 6) is -1.58. The van der Waals surface area contributed by atoms with Crippen molar-refractivity contribution >= 4 is 61.3 Å². The van der Waals surface area contributed by atoms with Gasteiger partial charge in [0.1, 0.15) is 0 Å². The van der Waals surface area contributed by atoms with Gasteiger partial charge in [-0.25, -0.2) is 0 Å². The average molecular weight is 688 g/mol. The highest BCUT2D eigenvalue weighted by Crippen LogP contribution is 2.43. The first kappa shape index (κ1) is 25.4. The summed E-state index contributed by atoms with van der Waals surface area (Å²) in [6.07, 6.45) is -1.17. The quantitative estimate of drug-likeness (QED) is 0.202. The summed E-state index contributed by atoms with van der Waals surface area (Å²) < 4.78 is 75.5. The standard InChI is InChI=1S/C18H20F2I2O8S/c19-18(20,31(25,26)27)7-12-9-28-17(30-12)3-1-11(2-4-17)16(24)29-15-13(21)5-10(8-23)6-14(15)22/h5-6,11-12,23H,1-4,7-9H2,(H,25,26,27). The van der Waals surface area contributed by atoms with Crippen LogP contribution in [0.2, 0.25) is 0 Å². The molecule has 1 aliphatic heterocycles. The summed E-state index contributed by atoms with van der Waals surface area (Å²) in [7, 11) is -5.54. The number of ether oxygens (including phenoxy) is 3. The Hall–Kier alpha value is -0.200. The molecule has 1 aromatic rings. The molecule has 1 heterocycles. The lowest BCUT2D eigenvalue weighted by atomic mass is 9.85. The molecule has 2 N–H and O–H groups in total. The van der Waals surface area contributed by atoms with Gasteiger partial charge in [0.25, 0.3) is 0 Å². The van der Waals surface area contributed by atoms with Crippen molar-refractivity contribution in [3.05, 3.63) is 24.8 Å². The van der Waals surface area contributed by atoms with Crippen LogP contribution in [0.1, 0.15) is 37.7 Å². The molecule has 2 fully saturated rings. The molecule has 1 spiro atoms. The Labute approximate surface area is 205 Å². The number of hydrogen-bond donors (Lipinski definition) is 2. The van der Waals surface area contributed by atoms with Gasteiger partial charge >= 0.3 is 21.3 Å². The molecule has 1 saturated heterocycles. The molecule has 1 aliphatic carbocycles. The van der Waals surface area contributed by atoms with Crippen LogP contribution in [0.15, 0.2) is 12.1 Å². The van der Waals surface area contributed by atoms with Crippen LogP contribution in [-0.4, -0.2) is 47.8 Å². The number of esters is 1. The Morgan fingerprint density at radius 1 is 1.26 bits per heavy atom. The van der Waals surface area contributed by atoms with Gasteiger partial charge in [-0.15, -0.1) is 0 Å². The van der Waals surface area contributed by atoms with Crippen LogP contribution in [0.3, 0.4) is 0 Å². The van der Waals surface area contributed by atoms with E-state index in [9.17, 15) is 27.1 Å². The monoisotopic (exact) mass is 688 g/mol. The molecule has 3 rings (SSSR count). The van der Waals surface area contributed by atoms with E-state index in [1.807, 2.05) is 45.2 Å². The van der Waals surface area contributed by atoms with Gasteiger partial charge in [0.05, 0.1) is 38.8 Å². The van der Waals surface area contributed by atoms with Crippen molar-refractivity contribution in [3.63, 3.8) is 0 Å². The Bertz CT molecular complexity index is 925. The van der Waals surface area contributed by atoms with Crippen LogP contribution in [0, 0.1) is 13.1 Å². The molecule has 31 heavy (non-hydrogen) atoms. The van der Waals surface area contributed by atoms with Gasteiger partial charge in [-0.2, -0.15) is 17.2 Å². The molecule has 1 aromatic carbocycles. The first-order valence-electron chi connectivity index (χ1n) is 9.33. The minimum atomic E-state index is -5.54. The van der Waals surface area contributed by atoms with E-state index in [0.29, 0.717) is 31.3 Å². The SMILES string of the molecule is O=C(Oc1c(I)cc(CO)cc1I)C1CCC2(CC1)OCC(CC(F)(F)S(=O)(=O)O)O2. The van der Waals surface area contributed by atoms with Crippen LogP contribution in [0.5, 0.6) is 5.75 Å². The maximum absolute atomic E-state index is 13.6. The number of aliphatic hydroxyl groups is 1. The lowest BCUT2D eigenvalue weighted by molar-refractivity contribution is -0.197. The van der Waals surface area contributed by atoms with E-state index < -0.39 is 45.6 Å². The zero-order valence-electron chi connectivity index (χ0n) is 16.0. The van der Waals surface area contributed by atoms with E-state index in [1.165, 1.54) is 0 Å². The Morgan fingerprint density at radius 3 is 2.35 bits per heavy atom. The molecule has 1 saturated carbocycles. The molecule has 2 aliphatic rings. The largest absolute Gasteiger partial charge is 0.424 e. The molecule has 0 aromatic heterocycles. The summed E-state index contributed by atoms with van der Waals surface area (Å²) in [6, 6.07) is 3.45. The van der Waals surface area contributed by atoms with Crippen LogP contribution in [-0.2, 0) is 31.0 Å². The lowest BCUT2D eigenvalue weighted by Crippen LogP contribution is -2.39. The van der Waals surface area contributed by atoms with Crippen molar-refractivity contribution in [1.29, 1.82) is 0 Å². The van der Waals surface area contributed by atoms with E-state index in [0.717, 1.165) is 0 Å². The topological polar surface area (TPSA) is 119 Å². The van der Waals surface area contributed by atoms with Crippen LogP contribution >= 0.6 is 45.2 Å². The van der Waals surface area contributed by atoms with Gasteiger partial charge in [0, 0.05) is 12.8 Å². The lowest BCUT2D eigenvalue weighted by Gasteiger charge is -2.35. The van der Waals surface area contributed by atoms with E-state index in [1.54, 1.807) is 12.1 Å². The number of rotatable bonds is 6. The molecule has 1 unspecified atom stereocenters. The number of carbonyl (C=O) groups excluding carboxylic acids is 1. The maximum atomic E-state index is 13.6. The van der Waals surface area contributed by atoms with E-state index in [4.69, 9.17) is 18.8 Å². The molecular weight excluding hydrogens is 668 g/mol. The highest BCUT2D eigenvalue weighted by molar-refractivity contribution is 14.1. The van der Waals surface area contributed by atoms with Gasteiger partial charge in [-0.1, -0.05) is 0 Å². The number of alkyl halides is 2. The molecule has 13 heteroatoms. The highest BCUT2D eigenvalue weighted by atomic mass is 127. The summed E-state index contributed by atoms with van der Waals surface area (Å²) in [5.41, 5.74) is 0.706. The Morgan fingerprint density at radius 2 is 1.84 bits per heavy atom. The number of halogens is 4. The highest BCUT2D eigenvalue weighted by Gasteiger charge is 2.52. The van der Waals surface area contributed by atoms with Gasteiger partial charge in [-0.3, -0.25) is 9.35 Å². The molecule has 0 bridgehead atoms. The zero-order chi connectivity index (χ0) is 23.0. The third kappa shape index (κ3) is 5.84. The second kappa shape index (κ2) is 9.58. The Kier molecular flexibility index (Phi) is 7.86. The predicted molar refractivity (Wildman–Crippen MR) is 120 cm³/mol. The molecule has 0 radical (unpaired) electrons. The third-order valence-electron chi connectivity index (χ3n) is 5.28. The summed E-state index contributed by atoms with van der Waals surface area (Å²) >= 11 is 4.06. The van der Waals surface area contributed by atoms with Crippen molar-refractivity contribution in [2.45, 2.75) is 55.9 Å². The van der Waals surface area contributed by atoms with Crippen molar-refractivity contribution in [2.75, 3.05) is 6.61 Å². The van der Waals surface area contributed by atoms with Crippen molar-refractivity contribution < 1.29 is 45.9 Å². The second-order valence-corrected chi connectivity index (χ2v) is 11.4. The molecule has 174 valence electrons. The maximum Gasteiger partial charge on any atom is 0.372 e. The Balaban J connectivity index is 1.57. The fourth-order valence-corrected chi connectivity index (χ4v) is 6.14. The number of benzene rings is 1. The van der Waals surface area contributed by atoms with Gasteiger partial charge in [-0.05, 0) is 75.7 Å². The van der Waals surface area contributed by atoms with Gasteiger partial charge < -0.3 is 19.3 Å². The fourth-order valence-electron chi connectivity index (χ4n) is 3.63. The molecule has 8 nitrogen and oxygen atoms in total. The van der Waals surface area contributed by atoms with Crippen molar-refractivity contribution in [3.8, 4) is 5.75 Å². The second-order valence-electron chi connectivity index (χ2n) is 7.52. The van der Waals surface area contributed by atoms with Crippen molar-refractivity contribution in [1.82, 2.24) is 0 Å². The van der Waals surface area contributed by atoms with E-state index >= 15 is 0 Å². The van der Waals surface area contributed by atoms with Gasteiger partial charge in [0.15, 0.2) is 11.5 Å². The number of aliphatic hydroxyl groups excluding tert-OH is 1. The summed E-state index contributed by atoms with van der Waals surface area (Å²) in [6.45, 7) is -0.351. The molecule has 1 atom stereocenters. The summed E-state index contributed by atoms with van der Waals surface area (Å²) in [5, 5.41) is 4.94. The summed E-state index contributed by atoms with van der Waals surface area (Å²) in [4.78, 5) is 12.6. The minimum absolute atomic E-state index is 0.123. The zero-order valence-corrected chi connectivity index (χ0v) is 21.2. The number of carbonyl (C=O) groups is 1. The first-order valence-corrected chi connectivity index (χ1v) is 12.9. The fraction of sp³-hybridized carbons (Fsp3) is 0.611. The predicted octanol–water partition coefficient (Wildman–Crippen LogP) is 3.47. The molecule has 0 amide bonds. The first-order chi connectivity index (χ1) is 14.4. The van der Waals surface area contributed by atoms with Gasteiger partial charge in [0.2, 0.25) is 0 Å². The van der Waals surface area contributed by atoms with Crippen LogP contribution in [0.25, 0.3) is 0 Å². The number of hydrogen-bond acceptors (Lipinski definition) is 7. The van der Waals surface area contributed by atoms with E-state index in [2.05, 4.69) is 0 Å². The average Bonchev–Trinajstić information content (AvgIpc) is 3.05. The van der Waals surface area contributed by atoms with Crippen LogP contribution < -0.4 is 4.74 Å².